The summed E-state index contributed by atoms with van der Waals surface area (Å²) < 4.78 is 61.1. The van der Waals surface area contributed by atoms with Crippen LogP contribution in [0, 0.1) is 5.41 Å². The van der Waals surface area contributed by atoms with Gasteiger partial charge in [-0.2, -0.15) is 21.6 Å². The number of carbonyl (C=O) groups excluding carboxylic acids is 1. The van der Waals surface area contributed by atoms with Crippen LogP contribution in [0.1, 0.15) is 31.1 Å². The summed E-state index contributed by atoms with van der Waals surface area (Å²) in [7, 11) is -1.72. The first-order valence-electron chi connectivity index (χ1n) is 7.80. The van der Waals surface area contributed by atoms with Crippen molar-refractivity contribution in [2.24, 2.45) is 5.41 Å². The number of hydrogen-bond acceptors (Lipinski definition) is 4. The zero-order valence-electron chi connectivity index (χ0n) is 15.3. The quantitative estimate of drug-likeness (QED) is 0.744. The zero-order chi connectivity index (χ0) is 20.3. The highest BCUT2D eigenvalue weighted by atomic mass is 32.2. The third-order valence-electron chi connectivity index (χ3n) is 3.93. The van der Waals surface area contributed by atoms with Gasteiger partial charge in [-0.05, 0) is 44.6 Å². The van der Waals surface area contributed by atoms with Crippen molar-refractivity contribution in [3.8, 4) is 0 Å². The number of anilines is 1. The number of halogens is 3. The number of sulfonamides is 1. The van der Waals surface area contributed by atoms with Crippen LogP contribution in [0.3, 0.4) is 0 Å². The number of nitrogens with zero attached hydrogens (tertiary/aromatic N) is 1. The molecule has 0 bridgehead atoms. The molecule has 1 atom stereocenters. The number of amides is 1. The van der Waals surface area contributed by atoms with Crippen molar-refractivity contribution < 1.29 is 26.4 Å². The molecule has 0 spiro atoms. The van der Waals surface area contributed by atoms with Crippen molar-refractivity contribution in [2.45, 2.75) is 32.3 Å². The van der Waals surface area contributed by atoms with Crippen LogP contribution in [0.4, 0.5) is 18.9 Å². The average molecular weight is 395 g/mol. The minimum Gasteiger partial charge on any atom is -0.349 e. The van der Waals surface area contributed by atoms with Gasteiger partial charge >= 0.3 is 15.5 Å². The lowest BCUT2D eigenvalue weighted by Gasteiger charge is -2.34. The van der Waals surface area contributed by atoms with Gasteiger partial charge in [0.15, 0.2) is 0 Å². The van der Waals surface area contributed by atoms with Crippen molar-refractivity contribution >= 4 is 21.6 Å². The van der Waals surface area contributed by atoms with Crippen LogP contribution >= 0.6 is 0 Å². The zero-order valence-corrected chi connectivity index (χ0v) is 16.1. The minimum atomic E-state index is -5.54. The fraction of sp³-hybridized carbons (Fsp3) is 0.562. The summed E-state index contributed by atoms with van der Waals surface area (Å²) in [6.45, 7) is 6.50. The van der Waals surface area contributed by atoms with E-state index in [4.69, 9.17) is 0 Å². The molecule has 0 fully saturated rings. The molecule has 0 aromatic heterocycles. The first-order valence-corrected chi connectivity index (χ1v) is 9.29. The van der Waals surface area contributed by atoms with E-state index in [-0.39, 0.29) is 22.7 Å². The molecular formula is C16H24F3N3O3S. The van der Waals surface area contributed by atoms with Crippen LogP contribution < -0.4 is 10.0 Å². The Balaban J connectivity index is 2.93. The summed E-state index contributed by atoms with van der Waals surface area (Å²) in [5.41, 5.74) is -5.97. The number of carbonyl (C=O) groups is 1. The van der Waals surface area contributed by atoms with Gasteiger partial charge in [0, 0.05) is 23.8 Å². The Morgan fingerprint density at radius 3 is 2.31 bits per heavy atom. The van der Waals surface area contributed by atoms with Crippen molar-refractivity contribution in [3.05, 3.63) is 29.8 Å². The molecule has 10 heteroatoms. The predicted octanol–water partition coefficient (Wildman–Crippen LogP) is 2.65. The fourth-order valence-corrected chi connectivity index (χ4v) is 2.92. The average Bonchev–Trinajstić information content (AvgIpc) is 2.44. The van der Waals surface area contributed by atoms with Crippen LogP contribution in [-0.2, 0) is 10.0 Å². The highest BCUT2D eigenvalue weighted by molar-refractivity contribution is 7.93. The summed E-state index contributed by atoms with van der Waals surface area (Å²) in [6.07, 6.45) is 0. The van der Waals surface area contributed by atoms with Gasteiger partial charge in [0.25, 0.3) is 5.91 Å². The Morgan fingerprint density at radius 1 is 1.23 bits per heavy atom. The molecule has 1 aromatic carbocycles. The molecule has 1 aromatic rings. The van der Waals surface area contributed by atoms with Crippen molar-refractivity contribution in [2.75, 3.05) is 25.4 Å². The van der Waals surface area contributed by atoms with Crippen LogP contribution in [0.25, 0.3) is 0 Å². The number of hydrogen-bond donors (Lipinski definition) is 2. The van der Waals surface area contributed by atoms with E-state index in [1.807, 2.05) is 39.8 Å². The Hall–Kier alpha value is -1.81. The molecule has 6 nitrogen and oxygen atoms in total. The first kappa shape index (κ1) is 22.2. The third kappa shape index (κ3) is 5.87. The van der Waals surface area contributed by atoms with Gasteiger partial charge in [-0.1, -0.05) is 19.9 Å². The van der Waals surface area contributed by atoms with Gasteiger partial charge in [0.05, 0.1) is 0 Å². The standard InChI is InChI=1S/C16H24F3N3O3S/c1-11(15(2,3)10-22(4)5)20-14(23)12-7-6-8-13(9-12)21-26(24,25)16(17,18)19/h6-9,11,21H,10H2,1-5H3,(H,20,23)/t11-/m0/s1. The van der Waals surface area contributed by atoms with E-state index < -0.39 is 21.4 Å². The van der Waals surface area contributed by atoms with Crippen molar-refractivity contribution in [1.29, 1.82) is 0 Å². The Bertz CT molecular complexity index is 747. The van der Waals surface area contributed by atoms with E-state index in [0.717, 1.165) is 12.1 Å². The maximum atomic E-state index is 12.5. The Labute approximate surface area is 151 Å². The lowest BCUT2D eigenvalue weighted by atomic mass is 9.84. The number of rotatable bonds is 7. The Morgan fingerprint density at radius 2 is 1.81 bits per heavy atom. The molecule has 2 N–H and O–H groups in total. The summed E-state index contributed by atoms with van der Waals surface area (Å²) in [4.78, 5) is 14.4. The monoisotopic (exact) mass is 395 g/mol. The molecule has 0 aliphatic heterocycles. The molecular weight excluding hydrogens is 371 g/mol. The van der Waals surface area contributed by atoms with E-state index in [2.05, 4.69) is 5.32 Å². The van der Waals surface area contributed by atoms with E-state index in [9.17, 15) is 26.4 Å². The van der Waals surface area contributed by atoms with E-state index in [1.54, 1.807) is 0 Å². The Kier molecular flexibility index (Phi) is 6.69. The number of nitrogens with one attached hydrogen (secondary N) is 2. The van der Waals surface area contributed by atoms with Gasteiger partial charge in [-0.3, -0.25) is 9.52 Å². The van der Waals surface area contributed by atoms with Gasteiger partial charge in [0.1, 0.15) is 0 Å². The summed E-state index contributed by atoms with van der Waals surface area (Å²) in [5, 5.41) is 2.80. The molecule has 26 heavy (non-hydrogen) atoms. The van der Waals surface area contributed by atoms with Gasteiger partial charge in [-0.15, -0.1) is 0 Å². The van der Waals surface area contributed by atoms with E-state index in [0.29, 0.717) is 6.54 Å². The normalized spacial score (nSPS) is 14.2. The molecule has 0 saturated carbocycles. The molecule has 0 radical (unpaired) electrons. The third-order valence-corrected chi connectivity index (χ3v) is 5.04. The SMILES string of the molecule is C[C@H](NC(=O)c1cccc(NS(=O)(=O)C(F)(F)F)c1)C(C)(C)CN(C)C. The molecule has 0 unspecified atom stereocenters. The minimum absolute atomic E-state index is 0.0554. The molecule has 0 saturated heterocycles. The highest BCUT2D eigenvalue weighted by Crippen LogP contribution is 2.26. The van der Waals surface area contributed by atoms with Crippen LogP contribution in [0.5, 0.6) is 0 Å². The van der Waals surface area contributed by atoms with E-state index in [1.165, 1.54) is 16.9 Å². The smallest absolute Gasteiger partial charge is 0.349 e. The maximum absolute atomic E-state index is 12.5. The molecule has 0 aliphatic carbocycles. The molecule has 1 amide bonds. The van der Waals surface area contributed by atoms with Gasteiger partial charge < -0.3 is 10.2 Å². The molecule has 0 heterocycles. The second kappa shape index (κ2) is 7.83. The maximum Gasteiger partial charge on any atom is 0.516 e. The number of alkyl halides is 3. The molecule has 0 aliphatic rings. The summed E-state index contributed by atoms with van der Waals surface area (Å²) >= 11 is 0. The van der Waals surface area contributed by atoms with Crippen molar-refractivity contribution in [1.82, 2.24) is 10.2 Å². The second-order valence-corrected chi connectivity index (χ2v) is 8.73. The fourth-order valence-electron chi connectivity index (χ4n) is 2.36. The van der Waals surface area contributed by atoms with Crippen LogP contribution in [0.15, 0.2) is 24.3 Å². The summed E-state index contributed by atoms with van der Waals surface area (Å²) in [5.74, 6) is -0.502. The molecule has 148 valence electrons. The largest absolute Gasteiger partial charge is 0.516 e. The van der Waals surface area contributed by atoms with E-state index >= 15 is 0 Å². The lowest BCUT2D eigenvalue weighted by Crippen LogP contribution is -2.47. The number of benzene rings is 1. The van der Waals surface area contributed by atoms with Crippen LogP contribution in [0.2, 0.25) is 0 Å². The van der Waals surface area contributed by atoms with Gasteiger partial charge in [0.2, 0.25) is 0 Å². The first-order chi connectivity index (χ1) is 11.7. The van der Waals surface area contributed by atoms with Gasteiger partial charge in [-0.25, -0.2) is 0 Å². The summed E-state index contributed by atoms with van der Waals surface area (Å²) in [6, 6.07) is 4.67. The second-order valence-electron chi connectivity index (χ2n) is 7.05. The lowest BCUT2D eigenvalue weighted by molar-refractivity contribution is -0.0429. The van der Waals surface area contributed by atoms with Crippen molar-refractivity contribution in [3.63, 3.8) is 0 Å². The topological polar surface area (TPSA) is 78.5 Å². The van der Waals surface area contributed by atoms with Crippen LogP contribution in [-0.4, -0.2) is 51.4 Å². The molecule has 1 rings (SSSR count). The predicted molar refractivity (Wildman–Crippen MR) is 94.3 cm³/mol. The highest BCUT2D eigenvalue weighted by Gasteiger charge is 2.46.